The summed E-state index contributed by atoms with van der Waals surface area (Å²) in [5.74, 6) is -11.9. The van der Waals surface area contributed by atoms with Gasteiger partial charge >= 0.3 is 5.97 Å². The van der Waals surface area contributed by atoms with Gasteiger partial charge in [0.05, 0.1) is 32.2 Å². The van der Waals surface area contributed by atoms with E-state index in [1.807, 2.05) is 0 Å². The third-order valence-corrected chi connectivity index (χ3v) is 13.2. The Hall–Kier alpha value is -7.74. The molecule has 0 aromatic heterocycles. The number of nitrogens with two attached hydrogens (primary N) is 4. The molecule has 10 atom stereocenters. The SMILES string of the molecule is CC(C)C[C@H](NC(=O)[C@@H]1CCCN1C(=O)[C@H](C)NC(=O)[C@H](C)NC(=O)CNC(=O)[C@H](CC(N)=O)NC(=O)[C@@H]1CCCN1)C(=O)N[C@@H](CCCCN)C(=O)NCC(=O)N[C@@H](CCCN=C(N)N)C(=O)N[C@@H](CO)C(=O)N[C@H](C(=O)O)C(C)C. The molecule has 0 unspecified atom stereocenters. The number of primary amides is 1. The van der Waals surface area contributed by atoms with Crippen LogP contribution in [0.5, 0.6) is 0 Å². The summed E-state index contributed by atoms with van der Waals surface area (Å²) in [4.78, 5) is 175. The molecule has 21 N–H and O–H groups in total. The van der Waals surface area contributed by atoms with Crippen LogP contribution in [0.2, 0.25) is 0 Å². The van der Waals surface area contributed by atoms with Gasteiger partial charge in [0.1, 0.15) is 54.4 Å². The molecule has 0 radical (unpaired) electrons. The molecule has 0 aliphatic carbocycles. The first-order valence-electron chi connectivity index (χ1n) is 27.5. The van der Waals surface area contributed by atoms with E-state index in [0.717, 1.165) is 6.42 Å². The van der Waals surface area contributed by atoms with Gasteiger partial charge in [0.2, 0.25) is 70.9 Å². The van der Waals surface area contributed by atoms with Crippen molar-refractivity contribution in [3.63, 3.8) is 0 Å². The predicted molar refractivity (Wildman–Crippen MR) is 294 cm³/mol. The summed E-state index contributed by atoms with van der Waals surface area (Å²) in [5.41, 5.74) is 21.8. The number of aliphatic hydroxyl groups is 1. The number of hydrogen-bond acceptors (Lipinski definition) is 17. The maximum Gasteiger partial charge on any atom is 0.326 e. The highest BCUT2D eigenvalue weighted by atomic mass is 16.4. The Morgan fingerprint density at radius 1 is 0.610 bits per heavy atom. The van der Waals surface area contributed by atoms with E-state index < -0.39 is 169 Å². The van der Waals surface area contributed by atoms with Crippen molar-refractivity contribution in [2.45, 2.75) is 173 Å². The lowest BCUT2D eigenvalue weighted by atomic mass is 10.0. The molecule has 0 spiro atoms. The second-order valence-corrected chi connectivity index (χ2v) is 20.9. The zero-order chi connectivity index (χ0) is 61.8. The van der Waals surface area contributed by atoms with Crippen molar-refractivity contribution in [1.29, 1.82) is 0 Å². The molecule has 2 heterocycles. The quantitative estimate of drug-likeness (QED) is 0.0157. The number of aliphatic carboxylic acids is 1. The zero-order valence-electron chi connectivity index (χ0n) is 47.6. The maximum absolute atomic E-state index is 14.0. The largest absolute Gasteiger partial charge is 0.480 e. The molecule has 12 amide bonds. The van der Waals surface area contributed by atoms with Gasteiger partial charge in [0.15, 0.2) is 5.96 Å². The summed E-state index contributed by atoms with van der Waals surface area (Å²) in [5, 5.41) is 46.9. The number of carboxylic acid groups (broad SMARTS) is 1. The number of nitrogens with zero attached hydrogens (tertiary/aromatic N) is 2. The molecule has 2 fully saturated rings. The van der Waals surface area contributed by atoms with Gasteiger partial charge in [-0.2, -0.15) is 0 Å². The van der Waals surface area contributed by atoms with Crippen LogP contribution in [0.3, 0.4) is 0 Å². The van der Waals surface area contributed by atoms with Crippen LogP contribution in [0.1, 0.15) is 112 Å². The summed E-state index contributed by atoms with van der Waals surface area (Å²) < 4.78 is 0. The molecule has 32 nitrogen and oxygen atoms in total. The fraction of sp³-hybridized carbons (Fsp3) is 0.720. The number of guanidine groups is 1. The van der Waals surface area contributed by atoms with Gasteiger partial charge < -0.3 is 96.5 Å². The minimum Gasteiger partial charge on any atom is -0.480 e. The van der Waals surface area contributed by atoms with Crippen LogP contribution in [-0.4, -0.2) is 204 Å². The molecule has 0 bridgehead atoms. The van der Waals surface area contributed by atoms with Crippen LogP contribution in [0.4, 0.5) is 0 Å². The number of aliphatic hydroxyl groups excluding tert-OH is 1. The molecule has 462 valence electrons. The highest BCUT2D eigenvalue weighted by Crippen LogP contribution is 2.20. The average molecular weight is 1170 g/mol. The molecule has 0 aromatic carbocycles. The number of hydrogen-bond donors (Lipinski definition) is 17. The normalized spacial score (nSPS) is 17.7. The van der Waals surface area contributed by atoms with E-state index in [0.29, 0.717) is 32.2 Å². The predicted octanol–water partition coefficient (Wildman–Crippen LogP) is -7.28. The van der Waals surface area contributed by atoms with E-state index in [1.165, 1.54) is 18.7 Å². The number of carbonyl (C=O) groups is 13. The monoisotopic (exact) mass is 1170 g/mol. The average Bonchev–Trinajstić information content (AvgIpc) is 4.20. The van der Waals surface area contributed by atoms with Gasteiger partial charge in [0, 0.05) is 13.1 Å². The number of unbranched alkanes of at least 4 members (excludes halogenated alkanes) is 1. The third-order valence-electron chi connectivity index (χ3n) is 13.2. The Labute approximate surface area is 475 Å². The van der Waals surface area contributed by atoms with Crippen LogP contribution >= 0.6 is 0 Å². The number of nitrogens with one attached hydrogen (secondary N) is 11. The van der Waals surface area contributed by atoms with Crippen molar-refractivity contribution in [2.75, 3.05) is 45.9 Å². The van der Waals surface area contributed by atoms with Crippen LogP contribution in [0, 0.1) is 11.8 Å². The van der Waals surface area contributed by atoms with Gasteiger partial charge in [-0.15, -0.1) is 0 Å². The van der Waals surface area contributed by atoms with Crippen molar-refractivity contribution >= 4 is 82.8 Å². The Morgan fingerprint density at radius 3 is 1.74 bits per heavy atom. The smallest absolute Gasteiger partial charge is 0.326 e. The molecule has 32 heteroatoms. The molecular weight excluding hydrogens is 1080 g/mol. The highest BCUT2D eigenvalue weighted by molar-refractivity contribution is 5.99. The first kappa shape index (κ1) is 70.4. The highest BCUT2D eigenvalue weighted by Gasteiger charge is 2.39. The van der Waals surface area contributed by atoms with Gasteiger partial charge in [-0.05, 0) is 103 Å². The van der Waals surface area contributed by atoms with Crippen LogP contribution in [0.15, 0.2) is 4.99 Å². The fourth-order valence-corrected chi connectivity index (χ4v) is 8.74. The number of aliphatic imine (C=N–C) groups is 1. The Balaban J connectivity index is 2.11. The molecule has 2 aliphatic rings. The number of carboxylic acids is 1. The standard InChI is InChI=1S/C50H87N17O15/c1-25(2)20-32(64-47(79)35-15-11-19-67(35)48(80)28(6)60-40(72)27(5)59-37(70)22-58-42(74)33(21-36(52)69)63-43(75)29-13-9-17-55-29)45(77)62-30(12-7-8-16-51)41(73)57-23-38(71)61-31(14-10-18-56-50(53)54)44(76)65-34(24-68)46(78)66-39(26(3)4)49(81)82/h25-35,39,55,68H,7-24,51H2,1-6H3,(H2,52,69)(H,57,73)(H,58,74)(H,59,70)(H,60,72)(H,61,71)(H,62,77)(H,63,75)(H,64,79)(H,65,76)(H,66,78)(H,81,82)(H4,53,54,56)/t27-,28-,29-,30-,31-,32-,33-,34-,35-,39-/m0/s1. The number of amides is 12. The topological polar surface area (TPSA) is 514 Å². The molecule has 82 heavy (non-hydrogen) atoms. The summed E-state index contributed by atoms with van der Waals surface area (Å²) in [6.45, 7) is 8.07. The first-order chi connectivity index (χ1) is 38.6. The second-order valence-electron chi connectivity index (χ2n) is 20.9. The van der Waals surface area contributed by atoms with E-state index in [2.05, 4.69) is 63.5 Å². The van der Waals surface area contributed by atoms with Crippen molar-refractivity contribution in [3.8, 4) is 0 Å². The van der Waals surface area contributed by atoms with Crippen molar-refractivity contribution in [2.24, 2.45) is 39.8 Å². The number of carbonyl (C=O) groups excluding carboxylic acids is 12. The molecule has 2 saturated heterocycles. The summed E-state index contributed by atoms with van der Waals surface area (Å²) in [7, 11) is 0. The lowest BCUT2D eigenvalue weighted by molar-refractivity contribution is -0.144. The van der Waals surface area contributed by atoms with Crippen LogP contribution in [-0.2, 0) is 62.3 Å². The van der Waals surface area contributed by atoms with E-state index in [1.54, 1.807) is 27.7 Å². The lowest BCUT2D eigenvalue weighted by Crippen LogP contribution is -2.59. The van der Waals surface area contributed by atoms with Gasteiger partial charge in [0.25, 0.3) is 0 Å². The van der Waals surface area contributed by atoms with Gasteiger partial charge in [-0.1, -0.05) is 27.7 Å². The van der Waals surface area contributed by atoms with Crippen LogP contribution in [0.25, 0.3) is 0 Å². The fourth-order valence-electron chi connectivity index (χ4n) is 8.74. The molecule has 0 saturated carbocycles. The van der Waals surface area contributed by atoms with Crippen molar-refractivity contribution in [1.82, 2.24) is 63.4 Å². The van der Waals surface area contributed by atoms with E-state index in [-0.39, 0.29) is 63.6 Å². The van der Waals surface area contributed by atoms with Crippen LogP contribution < -0.4 is 81.4 Å². The second kappa shape index (κ2) is 35.9. The third kappa shape index (κ3) is 25.0. The number of likely N-dealkylation sites (tertiary alicyclic amines) is 1. The van der Waals surface area contributed by atoms with E-state index in [4.69, 9.17) is 22.9 Å². The first-order valence-corrected chi connectivity index (χ1v) is 27.5. The molecule has 2 rings (SSSR count). The summed E-state index contributed by atoms with van der Waals surface area (Å²) in [6.07, 6.45) is 2.28. The summed E-state index contributed by atoms with van der Waals surface area (Å²) >= 11 is 0. The van der Waals surface area contributed by atoms with Gasteiger partial charge in [-0.25, -0.2) is 4.79 Å². The Morgan fingerprint density at radius 2 is 1.18 bits per heavy atom. The van der Waals surface area contributed by atoms with E-state index in [9.17, 15) is 72.5 Å². The zero-order valence-corrected chi connectivity index (χ0v) is 47.6. The van der Waals surface area contributed by atoms with Gasteiger partial charge in [-0.3, -0.25) is 62.5 Å². The van der Waals surface area contributed by atoms with Crippen molar-refractivity contribution < 1.29 is 72.5 Å². The maximum atomic E-state index is 14.0. The summed E-state index contributed by atoms with van der Waals surface area (Å²) in [6, 6.07) is -12.3. The Bertz CT molecular complexity index is 2280. The Kier molecular flexibility index (Phi) is 30.8. The number of rotatable bonds is 36. The van der Waals surface area contributed by atoms with Crippen molar-refractivity contribution in [3.05, 3.63) is 0 Å². The lowest BCUT2D eigenvalue weighted by Gasteiger charge is -2.30. The minimum absolute atomic E-state index is 0.0286. The minimum atomic E-state index is -1.62. The van der Waals surface area contributed by atoms with E-state index >= 15 is 0 Å². The molecular formula is C50H87N17O15. The molecule has 0 aromatic rings. The molecule has 2 aliphatic heterocycles.